The molecular weight excluding hydrogens is 300 g/mol. The molecule has 0 saturated heterocycles. The van der Waals surface area contributed by atoms with Crippen molar-refractivity contribution in [3.05, 3.63) is 28.1 Å². The third-order valence-electron chi connectivity index (χ3n) is 1.52. The Morgan fingerprint density at radius 3 is 2.80 bits per heavy atom. The molecule has 3 N–H and O–H groups in total. The summed E-state index contributed by atoms with van der Waals surface area (Å²) in [6, 6.07) is 1.70. The molecule has 7 heteroatoms. The SMILES string of the molecule is NC/C=C/CNS(=O)(=O)c1sccc1Br. The molecule has 0 aliphatic rings. The van der Waals surface area contributed by atoms with Crippen LogP contribution in [0.2, 0.25) is 0 Å². The van der Waals surface area contributed by atoms with Crippen LogP contribution in [0.1, 0.15) is 0 Å². The van der Waals surface area contributed by atoms with E-state index in [2.05, 4.69) is 20.7 Å². The maximum Gasteiger partial charge on any atom is 0.251 e. The maximum absolute atomic E-state index is 11.7. The molecule has 0 aromatic carbocycles. The van der Waals surface area contributed by atoms with E-state index in [1.165, 1.54) is 11.3 Å². The first-order valence-corrected chi connectivity index (χ1v) is 7.31. The van der Waals surface area contributed by atoms with Gasteiger partial charge in [0.05, 0.1) is 0 Å². The Morgan fingerprint density at radius 2 is 2.27 bits per heavy atom. The molecule has 0 unspecified atom stereocenters. The van der Waals surface area contributed by atoms with Crippen molar-refractivity contribution < 1.29 is 8.42 Å². The minimum Gasteiger partial charge on any atom is -0.327 e. The molecule has 0 aliphatic carbocycles. The highest BCUT2D eigenvalue weighted by Gasteiger charge is 2.17. The van der Waals surface area contributed by atoms with Crippen LogP contribution in [0.4, 0.5) is 0 Å². The zero-order valence-electron chi connectivity index (χ0n) is 7.81. The topological polar surface area (TPSA) is 72.2 Å². The number of nitrogens with one attached hydrogen (secondary N) is 1. The molecule has 0 radical (unpaired) electrons. The first kappa shape index (κ1) is 12.9. The van der Waals surface area contributed by atoms with Crippen molar-refractivity contribution in [1.82, 2.24) is 4.72 Å². The van der Waals surface area contributed by atoms with Crippen LogP contribution >= 0.6 is 27.3 Å². The van der Waals surface area contributed by atoms with Crippen LogP contribution in [0, 0.1) is 0 Å². The maximum atomic E-state index is 11.7. The fourth-order valence-electron chi connectivity index (χ4n) is 0.875. The Balaban J connectivity index is 2.69. The number of rotatable bonds is 5. The van der Waals surface area contributed by atoms with Gasteiger partial charge < -0.3 is 5.73 Å². The molecular formula is C8H11BrN2O2S2. The molecule has 0 aliphatic heterocycles. The van der Waals surface area contributed by atoms with E-state index in [1.54, 1.807) is 23.6 Å². The van der Waals surface area contributed by atoms with Gasteiger partial charge in [-0.05, 0) is 27.4 Å². The van der Waals surface area contributed by atoms with Crippen LogP contribution in [0.5, 0.6) is 0 Å². The summed E-state index contributed by atoms with van der Waals surface area (Å²) in [4.78, 5) is 0. The molecule has 0 fully saturated rings. The van der Waals surface area contributed by atoms with Gasteiger partial charge in [-0.3, -0.25) is 0 Å². The van der Waals surface area contributed by atoms with E-state index in [9.17, 15) is 8.42 Å². The summed E-state index contributed by atoms with van der Waals surface area (Å²) in [6.45, 7) is 0.661. The Kier molecular flexibility index (Phi) is 4.94. The first-order valence-electron chi connectivity index (χ1n) is 4.15. The van der Waals surface area contributed by atoms with Crippen molar-refractivity contribution in [2.75, 3.05) is 13.1 Å². The second-order valence-corrected chi connectivity index (χ2v) is 6.35. The number of hydrogen-bond acceptors (Lipinski definition) is 4. The van der Waals surface area contributed by atoms with Crippen molar-refractivity contribution in [2.45, 2.75) is 4.21 Å². The van der Waals surface area contributed by atoms with Gasteiger partial charge in [0, 0.05) is 17.6 Å². The molecule has 84 valence electrons. The zero-order valence-corrected chi connectivity index (χ0v) is 11.0. The number of sulfonamides is 1. The molecule has 15 heavy (non-hydrogen) atoms. The highest BCUT2D eigenvalue weighted by Crippen LogP contribution is 2.27. The van der Waals surface area contributed by atoms with Gasteiger partial charge in [0.25, 0.3) is 10.0 Å². The molecule has 0 spiro atoms. The predicted octanol–water partition coefficient (Wildman–Crippen LogP) is 1.30. The van der Waals surface area contributed by atoms with Crippen molar-refractivity contribution >= 4 is 37.3 Å². The third-order valence-corrected chi connectivity index (χ3v) is 5.62. The van der Waals surface area contributed by atoms with E-state index in [1.807, 2.05) is 0 Å². The minimum atomic E-state index is -3.40. The number of thiophene rings is 1. The monoisotopic (exact) mass is 310 g/mol. The Labute approximate surface area is 101 Å². The van der Waals surface area contributed by atoms with Crippen LogP contribution in [-0.2, 0) is 10.0 Å². The molecule has 4 nitrogen and oxygen atoms in total. The largest absolute Gasteiger partial charge is 0.327 e. The van der Waals surface area contributed by atoms with Gasteiger partial charge in [-0.1, -0.05) is 12.2 Å². The van der Waals surface area contributed by atoms with Gasteiger partial charge in [-0.2, -0.15) is 0 Å². The summed E-state index contributed by atoms with van der Waals surface area (Å²) < 4.78 is 26.7. The summed E-state index contributed by atoms with van der Waals surface area (Å²) in [6.07, 6.45) is 3.38. The molecule has 1 heterocycles. The lowest BCUT2D eigenvalue weighted by Crippen LogP contribution is -2.23. The molecule has 0 atom stereocenters. The first-order chi connectivity index (χ1) is 7.08. The standard InChI is InChI=1S/C8H11BrN2O2S2/c9-7-3-6-14-8(7)15(12,13)11-5-2-1-4-10/h1-3,6,11H,4-5,10H2/b2-1+. The number of hydrogen-bond donors (Lipinski definition) is 2. The summed E-state index contributed by atoms with van der Waals surface area (Å²) in [5.74, 6) is 0. The van der Waals surface area contributed by atoms with Gasteiger partial charge in [0.15, 0.2) is 0 Å². The van der Waals surface area contributed by atoms with Gasteiger partial charge in [0.1, 0.15) is 4.21 Å². The lowest BCUT2D eigenvalue weighted by Gasteiger charge is -2.01. The Hall–Kier alpha value is -0.210. The van der Waals surface area contributed by atoms with Gasteiger partial charge in [-0.15, -0.1) is 11.3 Å². The highest BCUT2D eigenvalue weighted by atomic mass is 79.9. The quantitative estimate of drug-likeness (QED) is 0.805. The van der Waals surface area contributed by atoms with Crippen LogP contribution in [0.25, 0.3) is 0 Å². The predicted molar refractivity (Wildman–Crippen MR) is 65.4 cm³/mol. The van der Waals surface area contributed by atoms with E-state index in [4.69, 9.17) is 5.73 Å². The molecule has 1 aromatic heterocycles. The van der Waals surface area contributed by atoms with E-state index >= 15 is 0 Å². The average molecular weight is 311 g/mol. The van der Waals surface area contributed by atoms with Crippen molar-refractivity contribution in [3.63, 3.8) is 0 Å². The van der Waals surface area contributed by atoms with E-state index in [-0.39, 0.29) is 6.54 Å². The second kappa shape index (κ2) is 5.76. The molecule has 1 rings (SSSR count). The summed E-state index contributed by atoms with van der Waals surface area (Å²) in [5.41, 5.74) is 5.23. The summed E-state index contributed by atoms with van der Waals surface area (Å²) in [7, 11) is -3.40. The highest BCUT2D eigenvalue weighted by molar-refractivity contribution is 9.10. The van der Waals surface area contributed by atoms with Crippen LogP contribution in [0.3, 0.4) is 0 Å². The van der Waals surface area contributed by atoms with Crippen molar-refractivity contribution in [2.24, 2.45) is 5.73 Å². The molecule has 1 aromatic rings. The number of nitrogens with two attached hydrogens (primary N) is 1. The summed E-state index contributed by atoms with van der Waals surface area (Å²) in [5, 5.41) is 1.72. The molecule has 0 bridgehead atoms. The third kappa shape index (κ3) is 3.69. The van der Waals surface area contributed by atoms with Crippen molar-refractivity contribution in [1.29, 1.82) is 0 Å². The fourth-order valence-corrected chi connectivity index (χ4v) is 4.23. The lowest BCUT2D eigenvalue weighted by atomic mass is 10.5. The Bertz CT molecular complexity index is 439. The van der Waals surface area contributed by atoms with E-state index in [0.29, 0.717) is 15.2 Å². The zero-order chi connectivity index (χ0) is 11.3. The smallest absolute Gasteiger partial charge is 0.251 e. The molecule has 0 amide bonds. The van der Waals surface area contributed by atoms with Crippen LogP contribution in [-0.4, -0.2) is 21.5 Å². The number of halogens is 1. The van der Waals surface area contributed by atoms with Crippen molar-refractivity contribution in [3.8, 4) is 0 Å². The lowest BCUT2D eigenvalue weighted by molar-refractivity contribution is 0.587. The Morgan fingerprint density at radius 1 is 1.53 bits per heavy atom. The van der Waals surface area contributed by atoms with Gasteiger partial charge in [-0.25, -0.2) is 13.1 Å². The fraction of sp³-hybridized carbons (Fsp3) is 0.250. The van der Waals surface area contributed by atoms with E-state index < -0.39 is 10.0 Å². The second-order valence-electron chi connectivity index (χ2n) is 2.62. The van der Waals surface area contributed by atoms with Gasteiger partial charge in [0.2, 0.25) is 0 Å². The van der Waals surface area contributed by atoms with E-state index in [0.717, 1.165) is 0 Å². The minimum absolute atomic E-state index is 0.254. The van der Waals surface area contributed by atoms with Crippen LogP contribution < -0.4 is 10.5 Å². The summed E-state index contributed by atoms with van der Waals surface area (Å²) >= 11 is 4.35. The molecule has 0 saturated carbocycles. The normalized spacial score (nSPS) is 12.4. The average Bonchev–Trinajstić information content (AvgIpc) is 2.60. The van der Waals surface area contributed by atoms with Crippen LogP contribution in [0.15, 0.2) is 32.3 Å². The van der Waals surface area contributed by atoms with Gasteiger partial charge >= 0.3 is 0 Å².